The molecule has 0 aliphatic carbocycles. The number of carbonyl (C=O) groups excluding carboxylic acids is 1. The van der Waals surface area contributed by atoms with Gasteiger partial charge in [0.15, 0.2) is 0 Å². The number of hydrogen-bond donors (Lipinski definition) is 2. The Bertz CT molecular complexity index is 454. The van der Waals surface area contributed by atoms with Crippen molar-refractivity contribution < 1.29 is 4.79 Å². The summed E-state index contributed by atoms with van der Waals surface area (Å²) in [5, 5.41) is 2.77. The normalized spacial score (nSPS) is 10.6. The number of rotatable bonds is 6. The zero-order chi connectivity index (χ0) is 13.5. The van der Waals surface area contributed by atoms with Crippen molar-refractivity contribution in [1.29, 1.82) is 0 Å². The van der Waals surface area contributed by atoms with Gasteiger partial charge in [-0.15, -0.1) is 0 Å². The van der Waals surface area contributed by atoms with E-state index < -0.39 is 0 Å². The van der Waals surface area contributed by atoms with Crippen LogP contribution in [0.4, 0.5) is 5.69 Å². The summed E-state index contributed by atoms with van der Waals surface area (Å²) in [4.78, 5) is 25.1. The Balaban J connectivity index is 2.40. The highest BCUT2D eigenvalue weighted by molar-refractivity contribution is 5.75. The smallest absolute Gasteiger partial charge is 0.251 e. The van der Waals surface area contributed by atoms with Gasteiger partial charge in [0.05, 0.1) is 0 Å². The van der Waals surface area contributed by atoms with E-state index in [1.165, 1.54) is 22.9 Å². The topological polar surface area (TPSA) is 80.4 Å². The Morgan fingerprint density at radius 2 is 2.17 bits per heavy atom. The van der Waals surface area contributed by atoms with E-state index in [-0.39, 0.29) is 18.0 Å². The van der Waals surface area contributed by atoms with Crippen molar-refractivity contribution in [2.75, 3.05) is 32.9 Å². The minimum atomic E-state index is -0.229. The van der Waals surface area contributed by atoms with Crippen LogP contribution in [0.5, 0.6) is 0 Å². The lowest BCUT2D eigenvalue weighted by Gasteiger charge is -2.10. The highest BCUT2D eigenvalue weighted by Gasteiger charge is 2.04. The minimum absolute atomic E-state index is 0.00579. The molecule has 100 valence electrons. The summed E-state index contributed by atoms with van der Waals surface area (Å²) in [5.41, 5.74) is 5.80. The van der Waals surface area contributed by atoms with E-state index in [1.54, 1.807) is 0 Å². The molecule has 0 spiro atoms. The maximum absolute atomic E-state index is 11.6. The van der Waals surface area contributed by atoms with Crippen molar-refractivity contribution in [2.45, 2.75) is 13.0 Å². The Labute approximate surface area is 106 Å². The number of carbonyl (C=O) groups is 1. The van der Waals surface area contributed by atoms with Gasteiger partial charge in [-0.1, -0.05) is 0 Å². The first kappa shape index (κ1) is 14.2. The lowest BCUT2D eigenvalue weighted by atomic mass is 10.4. The molecular weight excluding hydrogens is 232 g/mol. The van der Waals surface area contributed by atoms with Crippen molar-refractivity contribution in [3.05, 3.63) is 28.7 Å². The molecule has 0 saturated heterocycles. The number of pyridine rings is 1. The average Bonchev–Trinajstić information content (AvgIpc) is 2.29. The van der Waals surface area contributed by atoms with Crippen molar-refractivity contribution >= 4 is 11.6 Å². The Kier molecular flexibility index (Phi) is 5.38. The van der Waals surface area contributed by atoms with Gasteiger partial charge in [-0.2, -0.15) is 0 Å². The highest BCUT2D eigenvalue weighted by Crippen LogP contribution is 1.95. The summed E-state index contributed by atoms with van der Waals surface area (Å²) in [6.07, 6.45) is 2.35. The van der Waals surface area contributed by atoms with Crippen LogP contribution >= 0.6 is 0 Å². The van der Waals surface area contributed by atoms with E-state index >= 15 is 0 Å². The van der Waals surface area contributed by atoms with Gasteiger partial charge >= 0.3 is 0 Å². The third kappa shape index (κ3) is 5.01. The summed E-state index contributed by atoms with van der Waals surface area (Å²) in [5.74, 6) is -0.179. The fourth-order valence-electron chi connectivity index (χ4n) is 1.51. The number of nitrogens with zero attached hydrogens (tertiary/aromatic N) is 2. The zero-order valence-electron chi connectivity index (χ0n) is 10.8. The van der Waals surface area contributed by atoms with E-state index in [0.29, 0.717) is 12.2 Å². The van der Waals surface area contributed by atoms with Gasteiger partial charge in [0.1, 0.15) is 6.54 Å². The number of aromatic nitrogens is 1. The first-order valence-electron chi connectivity index (χ1n) is 5.86. The lowest BCUT2D eigenvalue weighted by Crippen LogP contribution is -2.33. The molecule has 0 aliphatic heterocycles. The molecule has 1 aromatic heterocycles. The van der Waals surface area contributed by atoms with Gasteiger partial charge in [-0.3, -0.25) is 9.59 Å². The maximum atomic E-state index is 11.6. The molecule has 0 radical (unpaired) electrons. The van der Waals surface area contributed by atoms with E-state index in [0.717, 1.165) is 13.0 Å². The molecule has 3 N–H and O–H groups in total. The lowest BCUT2D eigenvalue weighted by molar-refractivity contribution is -0.121. The van der Waals surface area contributed by atoms with Crippen LogP contribution < -0.4 is 16.6 Å². The SMILES string of the molecule is CN(C)CCCNC(=O)Cn1cc(N)ccc1=O. The Morgan fingerprint density at radius 3 is 2.83 bits per heavy atom. The second-order valence-electron chi connectivity index (χ2n) is 4.44. The molecule has 0 atom stereocenters. The predicted octanol–water partition coefficient (Wildman–Crippen LogP) is -0.502. The summed E-state index contributed by atoms with van der Waals surface area (Å²) >= 11 is 0. The largest absolute Gasteiger partial charge is 0.398 e. The van der Waals surface area contributed by atoms with Gasteiger partial charge in [-0.25, -0.2) is 0 Å². The number of nitrogens with two attached hydrogens (primary N) is 1. The van der Waals surface area contributed by atoms with E-state index in [2.05, 4.69) is 10.2 Å². The maximum Gasteiger partial charge on any atom is 0.251 e. The highest BCUT2D eigenvalue weighted by atomic mass is 16.2. The molecule has 0 bridgehead atoms. The van der Waals surface area contributed by atoms with Crippen LogP contribution in [-0.2, 0) is 11.3 Å². The average molecular weight is 252 g/mol. The van der Waals surface area contributed by atoms with Crippen LogP contribution in [0.25, 0.3) is 0 Å². The monoisotopic (exact) mass is 252 g/mol. The van der Waals surface area contributed by atoms with Crippen LogP contribution in [0.3, 0.4) is 0 Å². The molecule has 6 heteroatoms. The number of amides is 1. The van der Waals surface area contributed by atoms with Gasteiger partial charge in [0, 0.05) is 24.5 Å². The summed E-state index contributed by atoms with van der Waals surface area (Å²) in [6.45, 7) is 1.53. The fourth-order valence-corrected chi connectivity index (χ4v) is 1.51. The van der Waals surface area contributed by atoms with Gasteiger partial charge in [0.2, 0.25) is 5.91 Å². The van der Waals surface area contributed by atoms with E-state index in [4.69, 9.17) is 5.73 Å². The van der Waals surface area contributed by atoms with Crippen molar-refractivity contribution in [1.82, 2.24) is 14.8 Å². The fraction of sp³-hybridized carbons (Fsp3) is 0.500. The predicted molar refractivity (Wildman–Crippen MR) is 71.3 cm³/mol. The molecule has 0 fully saturated rings. The standard InChI is InChI=1S/C12H20N4O2/c1-15(2)7-3-6-14-11(17)9-16-8-10(13)4-5-12(16)18/h4-5,8H,3,6-7,9,13H2,1-2H3,(H,14,17). The molecule has 0 saturated carbocycles. The third-order valence-corrected chi connectivity index (χ3v) is 2.42. The third-order valence-electron chi connectivity index (χ3n) is 2.42. The van der Waals surface area contributed by atoms with Crippen molar-refractivity contribution in [3.63, 3.8) is 0 Å². The van der Waals surface area contributed by atoms with Gasteiger partial charge < -0.3 is 20.5 Å². The van der Waals surface area contributed by atoms with Crippen molar-refractivity contribution in [3.8, 4) is 0 Å². The van der Waals surface area contributed by atoms with Crippen LogP contribution in [-0.4, -0.2) is 42.6 Å². The molecule has 1 amide bonds. The van der Waals surface area contributed by atoms with Crippen LogP contribution in [0.1, 0.15) is 6.42 Å². The summed E-state index contributed by atoms with van der Waals surface area (Å²) < 4.78 is 1.30. The molecule has 1 rings (SSSR count). The van der Waals surface area contributed by atoms with Gasteiger partial charge in [0.25, 0.3) is 5.56 Å². The second-order valence-corrected chi connectivity index (χ2v) is 4.44. The number of nitrogen functional groups attached to an aromatic ring is 1. The first-order valence-corrected chi connectivity index (χ1v) is 5.86. The Morgan fingerprint density at radius 1 is 1.44 bits per heavy atom. The summed E-state index contributed by atoms with van der Waals surface area (Å²) in [7, 11) is 3.96. The molecule has 0 aromatic carbocycles. The molecular formula is C12H20N4O2. The van der Waals surface area contributed by atoms with Crippen LogP contribution in [0, 0.1) is 0 Å². The minimum Gasteiger partial charge on any atom is -0.398 e. The van der Waals surface area contributed by atoms with E-state index in [9.17, 15) is 9.59 Å². The first-order chi connectivity index (χ1) is 8.49. The molecule has 1 heterocycles. The van der Waals surface area contributed by atoms with Gasteiger partial charge in [-0.05, 0) is 33.1 Å². The number of anilines is 1. The molecule has 18 heavy (non-hydrogen) atoms. The molecule has 0 aliphatic rings. The summed E-state index contributed by atoms with van der Waals surface area (Å²) in [6, 6.07) is 2.88. The molecule has 1 aromatic rings. The van der Waals surface area contributed by atoms with Crippen molar-refractivity contribution in [2.24, 2.45) is 0 Å². The van der Waals surface area contributed by atoms with E-state index in [1.807, 2.05) is 14.1 Å². The zero-order valence-corrected chi connectivity index (χ0v) is 10.8. The number of nitrogens with one attached hydrogen (secondary N) is 1. The van der Waals surface area contributed by atoms with Crippen LogP contribution in [0.15, 0.2) is 23.1 Å². The number of hydrogen-bond acceptors (Lipinski definition) is 4. The Hall–Kier alpha value is -1.82. The quantitative estimate of drug-likeness (QED) is 0.669. The molecule has 0 unspecified atom stereocenters. The second kappa shape index (κ2) is 6.80. The van der Waals surface area contributed by atoms with Crippen LogP contribution in [0.2, 0.25) is 0 Å². The molecule has 6 nitrogen and oxygen atoms in total.